The van der Waals surface area contributed by atoms with Crippen molar-refractivity contribution in [3.8, 4) is 0 Å². The SMILES string of the molecule is Cc1cc(C(O)C(O)CN=[N+]=[N-])cc(C)c1F. The molecule has 2 unspecified atom stereocenters. The second-order valence-electron chi connectivity index (χ2n) is 3.89. The van der Waals surface area contributed by atoms with E-state index in [2.05, 4.69) is 10.0 Å². The van der Waals surface area contributed by atoms with Crippen molar-refractivity contribution in [2.75, 3.05) is 6.54 Å². The molecule has 0 aromatic heterocycles. The minimum atomic E-state index is -1.20. The number of halogens is 1. The van der Waals surface area contributed by atoms with Crippen LogP contribution in [-0.2, 0) is 0 Å². The topological polar surface area (TPSA) is 89.2 Å². The van der Waals surface area contributed by atoms with Crippen molar-refractivity contribution < 1.29 is 14.6 Å². The summed E-state index contributed by atoms with van der Waals surface area (Å²) in [4.78, 5) is 2.49. The molecule has 2 atom stereocenters. The Morgan fingerprint density at radius 3 is 2.35 bits per heavy atom. The normalized spacial score (nSPS) is 13.9. The zero-order chi connectivity index (χ0) is 13.0. The zero-order valence-corrected chi connectivity index (χ0v) is 9.63. The summed E-state index contributed by atoms with van der Waals surface area (Å²) in [6.45, 7) is 2.93. The van der Waals surface area contributed by atoms with E-state index in [1.54, 1.807) is 13.8 Å². The fraction of sp³-hybridized carbons (Fsp3) is 0.455. The highest BCUT2D eigenvalue weighted by atomic mass is 19.1. The van der Waals surface area contributed by atoms with Crippen molar-refractivity contribution in [1.82, 2.24) is 0 Å². The second-order valence-corrected chi connectivity index (χ2v) is 3.89. The number of rotatable bonds is 4. The maximum absolute atomic E-state index is 13.4. The quantitative estimate of drug-likeness (QED) is 0.479. The van der Waals surface area contributed by atoms with E-state index in [-0.39, 0.29) is 12.4 Å². The van der Waals surface area contributed by atoms with E-state index >= 15 is 0 Å². The molecule has 0 radical (unpaired) electrons. The van der Waals surface area contributed by atoms with Gasteiger partial charge in [0.1, 0.15) is 11.9 Å². The van der Waals surface area contributed by atoms with Crippen LogP contribution in [0.15, 0.2) is 17.2 Å². The van der Waals surface area contributed by atoms with Crippen molar-refractivity contribution in [3.63, 3.8) is 0 Å². The second kappa shape index (κ2) is 5.63. The molecule has 5 nitrogen and oxygen atoms in total. The van der Waals surface area contributed by atoms with E-state index in [1.807, 2.05) is 0 Å². The predicted molar refractivity (Wildman–Crippen MR) is 60.9 cm³/mol. The van der Waals surface area contributed by atoms with Gasteiger partial charge in [0.25, 0.3) is 0 Å². The molecule has 0 heterocycles. The van der Waals surface area contributed by atoms with Gasteiger partial charge >= 0.3 is 0 Å². The molecule has 0 amide bonds. The lowest BCUT2D eigenvalue weighted by Crippen LogP contribution is -2.21. The van der Waals surface area contributed by atoms with Crippen LogP contribution in [0.5, 0.6) is 0 Å². The Hall–Kier alpha value is -1.62. The maximum atomic E-state index is 13.4. The predicted octanol–water partition coefficient (Wildman–Crippen LogP) is 2.15. The highest BCUT2D eigenvalue weighted by molar-refractivity contribution is 5.32. The standard InChI is InChI=1S/C11H14FN3O2/c1-6-3-8(4-7(2)10(6)12)11(17)9(16)5-14-15-13/h3-4,9,11,16-17H,5H2,1-2H3. The van der Waals surface area contributed by atoms with Crippen molar-refractivity contribution in [1.29, 1.82) is 0 Å². The minimum Gasteiger partial charge on any atom is -0.390 e. The average molecular weight is 239 g/mol. The first kappa shape index (κ1) is 13.4. The summed E-state index contributed by atoms with van der Waals surface area (Å²) in [5.41, 5.74) is 9.31. The molecule has 0 bridgehead atoms. The van der Waals surface area contributed by atoms with E-state index < -0.39 is 12.2 Å². The Morgan fingerprint density at radius 2 is 1.88 bits per heavy atom. The largest absolute Gasteiger partial charge is 0.390 e. The maximum Gasteiger partial charge on any atom is 0.129 e. The molecule has 0 spiro atoms. The monoisotopic (exact) mass is 239 g/mol. The molecule has 6 heteroatoms. The lowest BCUT2D eigenvalue weighted by molar-refractivity contribution is 0.0243. The van der Waals surface area contributed by atoms with Gasteiger partial charge in [0, 0.05) is 4.91 Å². The van der Waals surface area contributed by atoms with Crippen LogP contribution in [0, 0.1) is 19.7 Å². The molecule has 17 heavy (non-hydrogen) atoms. The number of aliphatic hydroxyl groups excluding tert-OH is 2. The highest BCUT2D eigenvalue weighted by Crippen LogP contribution is 2.22. The Morgan fingerprint density at radius 1 is 1.35 bits per heavy atom. The van der Waals surface area contributed by atoms with Crippen LogP contribution in [0.1, 0.15) is 22.8 Å². The molecule has 0 aliphatic heterocycles. The fourth-order valence-corrected chi connectivity index (χ4v) is 1.59. The van der Waals surface area contributed by atoms with Gasteiger partial charge in [-0.25, -0.2) is 4.39 Å². The van der Waals surface area contributed by atoms with Crippen molar-refractivity contribution in [2.24, 2.45) is 5.11 Å². The minimum absolute atomic E-state index is 0.229. The number of hydrogen-bond acceptors (Lipinski definition) is 3. The van der Waals surface area contributed by atoms with E-state index in [4.69, 9.17) is 5.53 Å². The Bertz CT molecular complexity index is 435. The lowest BCUT2D eigenvalue weighted by atomic mass is 9.99. The zero-order valence-electron chi connectivity index (χ0n) is 9.63. The van der Waals surface area contributed by atoms with Gasteiger partial charge in [-0.15, -0.1) is 0 Å². The van der Waals surface area contributed by atoms with Gasteiger partial charge < -0.3 is 10.2 Å². The first-order valence-electron chi connectivity index (χ1n) is 5.11. The summed E-state index contributed by atoms with van der Waals surface area (Å²) in [6.07, 6.45) is -2.39. The Labute approximate surface area is 98.1 Å². The first-order valence-corrected chi connectivity index (χ1v) is 5.11. The van der Waals surface area contributed by atoms with E-state index in [9.17, 15) is 14.6 Å². The summed E-state index contributed by atoms with van der Waals surface area (Å²) in [5, 5.41) is 22.5. The smallest absolute Gasteiger partial charge is 0.129 e. The molecule has 1 aromatic carbocycles. The van der Waals surface area contributed by atoms with Gasteiger partial charge in [0.2, 0.25) is 0 Å². The molecule has 0 fully saturated rings. The molecular formula is C11H14FN3O2. The third-order valence-electron chi connectivity index (χ3n) is 2.50. The Balaban J connectivity index is 2.96. The number of azide groups is 1. The van der Waals surface area contributed by atoms with E-state index in [0.29, 0.717) is 16.7 Å². The van der Waals surface area contributed by atoms with Crippen LogP contribution >= 0.6 is 0 Å². The lowest BCUT2D eigenvalue weighted by Gasteiger charge is -2.17. The molecule has 2 N–H and O–H groups in total. The summed E-state index contributed by atoms with van der Waals surface area (Å²) >= 11 is 0. The van der Waals surface area contributed by atoms with Gasteiger partial charge in [-0.1, -0.05) is 17.2 Å². The van der Waals surface area contributed by atoms with Crippen molar-refractivity contribution >= 4 is 0 Å². The number of aryl methyl sites for hydroxylation is 2. The van der Waals surface area contributed by atoms with Crippen LogP contribution < -0.4 is 0 Å². The molecule has 1 aromatic rings. The highest BCUT2D eigenvalue weighted by Gasteiger charge is 2.19. The average Bonchev–Trinajstić information content (AvgIpc) is 2.31. The molecule has 0 saturated heterocycles. The van der Waals surface area contributed by atoms with Gasteiger partial charge in [-0.2, -0.15) is 0 Å². The Kier molecular flexibility index (Phi) is 4.45. The van der Waals surface area contributed by atoms with Gasteiger partial charge in [-0.3, -0.25) is 0 Å². The number of aliphatic hydroxyl groups is 2. The van der Waals surface area contributed by atoms with Crippen LogP contribution in [0.3, 0.4) is 0 Å². The molecule has 0 aliphatic carbocycles. The summed E-state index contributed by atoms with van der Waals surface area (Å²) < 4.78 is 13.4. The van der Waals surface area contributed by atoms with Crippen LogP contribution in [0.4, 0.5) is 4.39 Å². The molecule has 1 rings (SSSR count). The van der Waals surface area contributed by atoms with Gasteiger partial charge in [-0.05, 0) is 36.1 Å². The summed E-state index contributed by atoms with van der Waals surface area (Å²) in [7, 11) is 0. The van der Waals surface area contributed by atoms with Gasteiger partial charge in [0.05, 0.1) is 12.6 Å². The van der Waals surface area contributed by atoms with Crippen molar-refractivity contribution in [3.05, 3.63) is 45.1 Å². The van der Waals surface area contributed by atoms with Crippen LogP contribution in [0.25, 0.3) is 10.4 Å². The molecule has 92 valence electrons. The van der Waals surface area contributed by atoms with Gasteiger partial charge in [0.15, 0.2) is 0 Å². The van der Waals surface area contributed by atoms with Crippen LogP contribution in [-0.4, -0.2) is 22.9 Å². The fourth-order valence-electron chi connectivity index (χ4n) is 1.59. The molecule has 0 saturated carbocycles. The summed E-state index contributed by atoms with van der Waals surface area (Å²) in [5.74, 6) is -0.328. The number of hydrogen-bond donors (Lipinski definition) is 2. The molecular weight excluding hydrogens is 225 g/mol. The summed E-state index contributed by atoms with van der Waals surface area (Å²) in [6, 6.07) is 2.93. The van der Waals surface area contributed by atoms with Crippen LogP contribution in [0.2, 0.25) is 0 Å². The third kappa shape index (κ3) is 3.17. The van der Waals surface area contributed by atoms with Crippen molar-refractivity contribution in [2.45, 2.75) is 26.1 Å². The number of nitrogens with zero attached hydrogens (tertiary/aromatic N) is 3. The third-order valence-corrected chi connectivity index (χ3v) is 2.50. The van der Waals surface area contributed by atoms with E-state index in [0.717, 1.165) is 0 Å². The molecule has 0 aliphatic rings. The van der Waals surface area contributed by atoms with E-state index in [1.165, 1.54) is 12.1 Å². The number of benzene rings is 1. The first-order chi connectivity index (χ1) is 7.97.